The number of carbonyl (C=O) groups is 3. The molecule has 2 N–H and O–H groups in total. The predicted molar refractivity (Wildman–Crippen MR) is 122 cm³/mol. The largest absolute Gasteiger partial charge is 0.464 e. The molecular formula is C22H40N2O8S. The minimum atomic E-state index is -4.53. The van der Waals surface area contributed by atoms with Crippen LogP contribution >= 0.6 is 0 Å². The maximum atomic E-state index is 12.7. The van der Waals surface area contributed by atoms with Crippen molar-refractivity contribution in [3.63, 3.8) is 0 Å². The van der Waals surface area contributed by atoms with E-state index in [1.807, 2.05) is 13.8 Å². The number of ether oxygens (including phenoxy) is 1. The molecule has 0 aliphatic carbocycles. The number of hydrogen-bond acceptors (Lipinski definition) is 8. The first-order chi connectivity index (χ1) is 15.6. The summed E-state index contributed by atoms with van der Waals surface area (Å²) in [5.41, 5.74) is 0. The van der Waals surface area contributed by atoms with Crippen LogP contribution in [0, 0.1) is 5.92 Å². The summed E-state index contributed by atoms with van der Waals surface area (Å²) in [5.74, 6) is -2.25. The molecule has 0 aromatic rings. The van der Waals surface area contributed by atoms with Gasteiger partial charge in [-0.05, 0) is 25.7 Å². The molecule has 0 aromatic carbocycles. The Morgan fingerprint density at radius 2 is 1.48 bits per heavy atom. The number of esters is 1. The predicted octanol–water partition coefficient (Wildman–Crippen LogP) is 2.37. The lowest BCUT2D eigenvalue weighted by molar-refractivity contribution is -0.155. The van der Waals surface area contributed by atoms with Gasteiger partial charge in [0.05, 0.1) is 6.61 Å². The lowest BCUT2D eigenvalue weighted by Gasteiger charge is -2.22. The number of nitrogens with one attached hydrogen (secondary N) is 2. The van der Waals surface area contributed by atoms with E-state index in [-0.39, 0.29) is 18.4 Å². The van der Waals surface area contributed by atoms with Crippen molar-refractivity contribution in [1.29, 1.82) is 0 Å². The van der Waals surface area contributed by atoms with Crippen LogP contribution < -0.4 is 10.6 Å². The van der Waals surface area contributed by atoms with Crippen molar-refractivity contribution in [2.45, 2.75) is 104 Å². The molecule has 1 heterocycles. The fourth-order valence-electron chi connectivity index (χ4n) is 3.50. The van der Waals surface area contributed by atoms with E-state index in [0.29, 0.717) is 13.0 Å². The van der Waals surface area contributed by atoms with Crippen LogP contribution in [-0.2, 0) is 37.9 Å². The monoisotopic (exact) mass is 492 g/mol. The zero-order valence-corrected chi connectivity index (χ0v) is 21.1. The highest BCUT2D eigenvalue weighted by atomic mass is 32.3. The van der Waals surface area contributed by atoms with E-state index < -0.39 is 40.5 Å². The van der Waals surface area contributed by atoms with Gasteiger partial charge in [-0.3, -0.25) is 9.59 Å². The molecule has 10 nitrogen and oxygen atoms in total. The lowest BCUT2D eigenvalue weighted by atomic mass is 10.0. The van der Waals surface area contributed by atoms with Crippen LogP contribution in [0.5, 0.6) is 0 Å². The highest BCUT2D eigenvalue weighted by Gasteiger charge is 2.50. The van der Waals surface area contributed by atoms with E-state index in [0.717, 1.165) is 19.3 Å². The van der Waals surface area contributed by atoms with Crippen LogP contribution in [0.15, 0.2) is 0 Å². The molecule has 0 unspecified atom stereocenters. The van der Waals surface area contributed by atoms with Gasteiger partial charge >= 0.3 is 16.4 Å². The summed E-state index contributed by atoms with van der Waals surface area (Å²) in [6.07, 6.45) is 5.96. The van der Waals surface area contributed by atoms with Crippen molar-refractivity contribution >= 4 is 28.2 Å². The molecule has 3 atom stereocenters. The van der Waals surface area contributed by atoms with Gasteiger partial charge in [0.1, 0.15) is 6.04 Å². The first-order valence-electron chi connectivity index (χ1n) is 12.0. The molecule has 2 amide bonds. The van der Waals surface area contributed by atoms with Crippen LogP contribution in [0.4, 0.5) is 0 Å². The minimum absolute atomic E-state index is 0.0236. The van der Waals surface area contributed by atoms with E-state index in [1.165, 1.54) is 39.0 Å². The van der Waals surface area contributed by atoms with E-state index in [9.17, 15) is 22.8 Å². The Hall–Kier alpha value is -1.72. The molecule has 0 aromatic heterocycles. The number of hydrogen-bond donors (Lipinski definition) is 2. The maximum absolute atomic E-state index is 12.7. The molecule has 1 aliphatic rings. The van der Waals surface area contributed by atoms with Gasteiger partial charge in [-0.2, -0.15) is 8.42 Å². The van der Waals surface area contributed by atoms with Crippen molar-refractivity contribution in [3.8, 4) is 0 Å². The first-order valence-corrected chi connectivity index (χ1v) is 13.3. The average molecular weight is 493 g/mol. The SMILES string of the molecule is CCCCCCCCCCNC(=O)[C@H](CC(C)C)NC(=O)[C@H]1OS(=O)(=O)O[C@@H]1C(=O)OCC. The van der Waals surface area contributed by atoms with Gasteiger partial charge in [-0.1, -0.05) is 65.7 Å². The number of rotatable bonds is 16. The maximum Gasteiger partial charge on any atom is 0.401 e. The minimum Gasteiger partial charge on any atom is -0.464 e. The van der Waals surface area contributed by atoms with Crippen molar-refractivity contribution in [1.82, 2.24) is 10.6 Å². The Bertz CT molecular complexity index is 726. The number of unbranched alkanes of at least 4 members (excludes halogenated alkanes) is 7. The Kier molecular flexibility index (Phi) is 13.5. The molecule has 11 heteroatoms. The van der Waals surface area contributed by atoms with Gasteiger partial charge in [0.2, 0.25) is 12.0 Å². The molecule has 0 spiro atoms. The fourth-order valence-corrected chi connectivity index (χ4v) is 4.42. The third-order valence-electron chi connectivity index (χ3n) is 5.16. The zero-order valence-electron chi connectivity index (χ0n) is 20.3. The lowest BCUT2D eigenvalue weighted by Crippen LogP contribution is -2.53. The van der Waals surface area contributed by atoms with Gasteiger partial charge in [0.15, 0.2) is 6.10 Å². The molecule has 192 valence electrons. The molecule has 1 saturated heterocycles. The van der Waals surface area contributed by atoms with Crippen molar-refractivity contribution in [3.05, 3.63) is 0 Å². The smallest absolute Gasteiger partial charge is 0.401 e. The summed E-state index contributed by atoms with van der Waals surface area (Å²) in [4.78, 5) is 37.4. The zero-order chi connectivity index (χ0) is 24.9. The van der Waals surface area contributed by atoms with Crippen LogP contribution in [0.25, 0.3) is 0 Å². The second-order valence-corrected chi connectivity index (χ2v) is 9.85. The highest BCUT2D eigenvalue weighted by molar-refractivity contribution is 7.82. The molecule has 1 aliphatic heterocycles. The summed E-state index contributed by atoms with van der Waals surface area (Å²) >= 11 is 0. The first kappa shape index (κ1) is 29.3. The number of carbonyl (C=O) groups excluding carboxylic acids is 3. The van der Waals surface area contributed by atoms with E-state index in [4.69, 9.17) is 4.74 Å². The molecule has 0 bridgehead atoms. The Morgan fingerprint density at radius 3 is 2.06 bits per heavy atom. The standard InChI is InChI=1S/C22H40N2O8S/c1-5-7-8-9-10-11-12-13-14-23-20(25)17(15-16(3)4)24-21(26)18-19(22(27)30-6-2)32-33(28,29)31-18/h16-19H,5-15H2,1-4H3,(H,23,25)(H,24,26)/t17-,18-,19-/m0/s1. The van der Waals surface area contributed by atoms with E-state index >= 15 is 0 Å². The van der Waals surface area contributed by atoms with Crippen LogP contribution in [0.3, 0.4) is 0 Å². The third-order valence-corrected chi connectivity index (χ3v) is 6.05. The molecule has 33 heavy (non-hydrogen) atoms. The van der Waals surface area contributed by atoms with Gasteiger partial charge in [-0.25, -0.2) is 13.2 Å². The van der Waals surface area contributed by atoms with Crippen molar-refractivity contribution in [2.24, 2.45) is 5.92 Å². The highest BCUT2D eigenvalue weighted by Crippen LogP contribution is 2.22. The molecule has 1 fully saturated rings. The van der Waals surface area contributed by atoms with Crippen molar-refractivity contribution < 1.29 is 35.9 Å². The Morgan fingerprint density at radius 1 is 0.909 bits per heavy atom. The topological polar surface area (TPSA) is 137 Å². The molecule has 1 rings (SSSR count). The molecular weight excluding hydrogens is 452 g/mol. The average Bonchev–Trinajstić information content (AvgIpc) is 3.07. The van der Waals surface area contributed by atoms with Gasteiger partial charge in [-0.15, -0.1) is 0 Å². The normalized spacial score (nSPS) is 20.4. The summed E-state index contributed by atoms with van der Waals surface area (Å²) in [5, 5.41) is 5.34. The molecule has 0 radical (unpaired) electrons. The van der Waals surface area contributed by atoms with Crippen LogP contribution in [-0.4, -0.2) is 57.6 Å². The van der Waals surface area contributed by atoms with Crippen LogP contribution in [0.1, 0.15) is 85.5 Å². The quantitative estimate of drug-likeness (QED) is 0.247. The van der Waals surface area contributed by atoms with Gasteiger partial charge in [0.25, 0.3) is 5.91 Å². The summed E-state index contributed by atoms with van der Waals surface area (Å²) in [6, 6.07) is -0.902. The van der Waals surface area contributed by atoms with Crippen LogP contribution in [0.2, 0.25) is 0 Å². The van der Waals surface area contributed by atoms with Crippen molar-refractivity contribution in [2.75, 3.05) is 13.2 Å². The Labute approximate surface area is 197 Å². The number of amides is 2. The van der Waals surface area contributed by atoms with E-state index in [2.05, 4.69) is 25.9 Å². The summed E-state index contributed by atoms with van der Waals surface area (Å²) in [6.45, 7) is 7.98. The van der Waals surface area contributed by atoms with Gasteiger partial charge in [0, 0.05) is 6.54 Å². The second kappa shape index (κ2) is 15.2. The summed E-state index contributed by atoms with van der Waals surface area (Å²) in [7, 11) is -4.53. The Balaban J connectivity index is 2.59. The van der Waals surface area contributed by atoms with Gasteiger partial charge < -0.3 is 15.4 Å². The third kappa shape index (κ3) is 11.3. The molecule has 0 saturated carbocycles. The fraction of sp³-hybridized carbons (Fsp3) is 0.864. The second-order valence-electron chi connectivity index (χ2n) is 8.65. The van der Waals surface area contributed by atoms with E-state index in [1.54, 1.807) is 0 Å². The summed E-state index contributed by atoms with van der Waals surface area (Å²) < 4.78 is 37.3.